The van der Waals surface area contributed by atoms with E-state index in [1.807, 2.05) is 0 Å². The molecule has 0 spiro atoms. The van der Waals surface area contributed by atoms with Crippen molar-refractivity contribution in [3.8, 4) is 11.5 Å². The number of hydrogen-bond acceptors (Lipinski definition) is 5. The molecule has 0 atom stereocenters. The zero-order valence-electron chi connectivity index (χ0n) is 9.10. The fourth-order valence-electron chi connectivity index (χ4n) is 0.976. The summed E-state index contributed by atoms with van der Waals surface area (Å²) in [7, 11) is 1.52. The molecule has 0 saturated carbocycles. The van der Waals surface area contributed by atoms with Gasteiger partial charge in [0.25, 0.3) is 5.91 Å². The normalized spacial score (nSPS) is 13.8. The highest BCUT2D eigenvalue weighted by atomic mass is 32.2. The minimum atomic E-state index is -0.167. The topological polar surface area (TPSA) is 58.6 Å². The van der Waals surface area contributed by atoms with Crippen LogP contribution in [0.5, 0.6) is 11.5 Å². The molecule has 0 bridgehead atoms. The maximum absolute atomic E-state index is 10.5. The number of nitrogens with one attached hydrogen (secondary N) is 1. The number of ether oxygens (including phenoxy) is 1. The summed E-state index contributed by atoms with van der Waals surface area (Å²) in [5.74, 6) is 0.525. The number of rotatable bonds is 1. The molecule has 4 nitrogen and oxygen atoms in total. The number of aromatic hydroxyl groups is 1. The van der Waals surface area contributed by atoms with E-state index < -0.39 is 0 Å². The predicted octanol–water partition coefficient (Wildman–Crippen LogP) is 2.05. The maximum atomic E-state index is 10.5. The summed E-state index contributed by atoms with van der Waals surface area (Å²) in [5.41, 5.74) is 0. The minimum Gasteiger partial charge on any atom is -0.504 e. The van der Waals surface area contributed by atoms with Gasteiger partial charge in [-0.2, -0.15) is 0 Å². The lowest BCUT2D eigenvalue weighted by Gasteiger charge is -1.99. The van der Waals surface area contributed by atoms with Crippen molar-refractivity contribution >= 4 is 34.2 Å². The number of carbonyl (C=O) groups is 1. The van der Waals surface area contributed by atoms with Crippen molar-refractivity contribution in [2.45, 2.75) is 0 Å². The zero-order chi connectivity index (χ0) is 12.8. The average Bonchev–Trinajstić information content (AvgIpc) is 2.58. The van der Waals surface area contributed by atoms with Gasteiger partial charge in [-0.05, 0) is 12.1 Å². The number of amides is 1. The number of thioether (sulfide) groups is 1. The molecule has 0 aliphatic carbocycles. The molecule has 1 aromatic carbocycles. The van der Waals surface area contributed by atoms with Crippen molar-refractivity contribution in [1.82, 2.24) is 5.32 Å². The zero-order valence-corrected chi connectivity index (χ0v) is 10.7. The molecule has 17 heavy (non-hydrogen) atoms. The molecule has 1 aromatic rings. The van der Waals surface area contributed by atoms with Gasteiger partial charge in [-0.15, -0.1) is 0 Å². The molecule has 2 N–H and O–H groups in total. The summed E-state index contributed by atoms with van der Waals surface area (Å²) in [6.07, 6.45) is 0. The lowest BCUT2D eigenvalue weighted by Crippen LogP contribution is -2.17. The molecule has 0 unspecified atom stereocenters. The number of phenolic OH excluding ortho intramolecular Hbond substituents is 1. The van der Waals surface area contributed by atoms with Crippen LogP contribution >= 0.6 is 24.0 Å². The molecule has 1 fully saturated rings. The second kappa shape index (κ2) is 6.27. The summed E-state index contributed by atoms with van der Waals surface area (Å²) < 4.78 is 5.29. The molecule has 1 aliphatic heterocycles. The Balaban J connectivity index is 0.000000171. The molecule has 1 saturated heterocycles. The quantitative estimate of drug-likeness (QED) is 0.603. The molecular formula is C11H11NO3S2. The number of benzene rings is 1. The van der Waals surface area contributed by atoms with Crippen molar-refractivity contribution in [2.24, 2.45) is 0 Å². The lowest BCUT2D eigenvalue weighted by atomic mass is 10.3. The summed E-state index contributed by atoms with van der Waals surface area (Å²) in [6.45, 7) is 3.45. The average molecular weight is 269 g/mol. The van der Waals surface area contributed by atoms with E-state index in [2.05, 4.69) is 24.1 Å². The van der Waals surface area contributed by atoms with Gasteiger partial charge in [0.05, 0.1) is 12.0 Å². The third-order valence-electron chi connectivity index (χ3n) is 1.77. The Labute approximate surface area is 109 Å². The van der Waals surface area contributed by atoms with Gasteiger partial charge in [0.2, 0.25) is 0 Å². The van der Waals surface area contributed by atoms with E-state index >= 15 is 0 Å². The van der Waals surface area contributed by atoms with Crippen LogP contribution in [0.15, 0.2) is 35.7 Å². The van der Waals surface area contributed by atoms with Gasteiger partial charge in [-0.1, -0.05) is 42.7 Å². The molecule has 0 aromatic heterocycles. The first-order valence-electron chi connectivity index (χ1n) is 4.58. The van der Waals surface area contributed by atoms with Crippen molar-refractivity contribution in [1.29, 1.82) is 0 Å². The standard InChI is InChI=1S/C7H8O2.C4H3NOS2/c1-9-7-5-3-2-4-6(7)8;1-2-3(6)5-4(7)8-2/h2-5,8H,1H3;1H2,(H,5,6,7). The largest absolute Gasteiger partial charge is 0.504 e. The van der Waals surface area contributed by atoms with Crippen LogP contribution in [0, 0.1) is 0 Å². The number of hydrogen-bond donors (Lipinski definition) is 2. The van der Waals surface area contributed by atoms with Crippen LogP contribution in [0.25, 0.3) is 0 Å². The Kier molecular flexibility index (Phi) is 4.99. The molecular weight excluding hydrogens is 258 g/mol. The third-order valence-corrected chi connectivity index (χ3v) is 2.84. The van der Waals surface area contributed by atoms with E-state index in [-0.39, 0.29) is 11.7 Å². The molecule has 1 amide bonds. The van der Waals surface area contributed by atoms with Crippen LogP contribution in [-0.4, -0.2) is 22.4 Å². The Morgan fingerprint density at radius 1 is 1.47 bits per heavy atom. The second-order valence-electron chi connectivity index (χ2n) is 2.94. The summed E-state index contributed by atoms with van der Waals surface area (Å²) in [6, 6.07) is 6.84. The lowest BCUT2D eigenvalue weighted by molar-refractivity contribution is -0.115. The molecule has 1 heterocycles. The van der Waals surface area contributed by atoms with Crippen LogP contribution in [0.1, 0.15) is 0 Å². The number of methoxy groups -OCH3 is 1. The van der Waals surface area contributed by atoms with Gasteiger partial charge in [-0.3, -0.25) is 4.79 Å². The monoisotopic (exact) mass is 269 g/mol. The van der Waals surface area contributed by atoms with Gasteiger partial charge < -0.3 is 15.2 Å². The highest BCUT2D eigenvalue weighted by Crippen LogP contribution is 2.23. The fraction of sp³-hybridized carbons (Fsp3) is 0.0909. The first kappa shape index (κ1) is 13.5. The number of carbonyl (C=O) groups excluding carboxylic acids is 1. The minimum absolute atomic E-state index is 0.167. The van der Waals surface area contributed by atoms with E-state index in [4.69, 9.17) is 9.84 Å². The molecule has 90 valence electrons. The Hall–Kier alpha value is -1.53. The van der Waals surface area contributed by atoms with E-state index in [9.17, 15) is 4.79 Å². The summed E-state index contributed by atoms with van der Waals surface area (Å²) in [4.78, 5) is 10.9. The van der Waals surface area contributed by atoms with E-state index in [0.717, 1.165) is 0 Å². The number of thiocarbonyl (C=S) groups is 1. The van der Waals surface area contributed by atoms with Crippen LogP contribution in [0.2, 0.25) is 0 Å². The van der Waals surface area contributed by atoms with Gasteiger partial charge in [0.15, 0.2) is 11.5 Å². The highest BCUT2D eigenvalue weighted by Gasteiger charge is 2.18. The highest BCUT2D eigenvalue weighted by molar-refractivity contribution is 8.26. The second-order valence-corrected chi connectivity index (χ2v) is 4.71. The summed E-state index contributed by atoms with van der Waals surface area (Å²) >= 11 is 5.85. The Morgan fingerprint density at radius 3 is 2.41 bits per heavy atom. The van der Waals surface area contributed by atoms with Crippen molar-refractivity contribution in [3.05, 3.63) is 35.7 Å². The smallest absolute Gasteiger partial charge is 0.262 e. The van der Waals surface area contributed by atoms with Crippen LogP contribution < -0.4 is 10.1 Å². The van der Waals surface area contributed by atoms with E-state index in [1.165, 1.54) is 18.9 Å². The van der Waals surface area contributed by atoms with Gasteiger partial charge in [0.1, 0.15) is 4.32 Å². The van der Waals surface area contributed by atoms with Gasteiger partial charge in [-0.25, -0.2) is 0 Å². The van der Waals surface area contributed by atoms with Crippen LogP contribution in [0.3, 0.4) is 0 Å². The number of para-hydroxylation sites is 2. The third kappa shape index (κ3) is 4.08. The maximum Gasteiger partial charge on any atom is 0.262 e. The van der Waals surface area contributed by atoms with Crippen molar-refractivity contribution in [3.63, 3.8) is 0 Å². The summed E-state index contributed by atoms with van der Waals surface area (Å²) in [5, 5.41) is 11.4. The first-order valence-corrected chi connectivity index (χ1v) is 5.81. The molecule has 2 rings (SSSR count). The molecule has 1 aliphatic rings. The predicted molar refractivity (Wildman–Crippen MR) is 72.1 cm³/mol. The van der Waals surface area contributed by atoms with Gasteiger partial charge in [0, 0.05) is 0 Å². The Morgan fingerprint density at radius 2 is 2.12 bits per heavy atom. The first-order chi connectivity index (χ1) is 8.04. The van der Waals surface area contributed by atoms with E-state index in [0.29, 0.717) is 15.0 Å². The fourth-order valence-corrected chi connectivity index (χ4v) is 1.88. The SMILES string of the molecule is C=C1SC(=S)NC1=O.COc1ccccc1O. The van der Waals surface area contributed by atoms with Crippen LogP contribution in [0.4, 0.5) is 0 Å². The molecule has 6 heteroatoms. The van der Waals surface area contributed by atoms with Crippen molar-refractivity contribution < 1.29 is 14.6 Å². The van der Waals surface area contributed by atoms with Crippen LogP contribution in [-0.2, 0) is 4.79 Å². The number of phenols is 1. The Bertz CT molecular complexity index is 442. The van der Waals surface area contributed by atoms with E-state index in [1.54, 1.807) is 24.3 Å². The molecule has 0 radical (unpaired) electrons. The van der Waals surface area contributed by atoms with Crippen molar-refractivity contribution in [2.75, 3.05) is 7.11 Å². The van der Waals surface area contributed by atoms with Gasteiger partial charge >= 0.3 is 0 Å².